The first-order valence-electron chi connectivity index (χ1n) is 36.5. The maximum absolute atomic E-state index is 13.4. The summed E-state index contributed by atoms with van der Waals surface area (Å²) in [4.78, 5) is 185. The van der Waals surface area contributed by atoms with Crippen LogP contribution in [-0.2, 0) is 95.7 Å². The number of anilines is 9. The summed E-state index contributed by atoms with van der Waals surface area (Å²) in [5.74, 6) is -6.09. The number of ether oxygens (including phenoxy) is 2. The number of nitrogen functional groups attached to an aromatic ring is 1. The van der Waals surface area contributed by atoms with E-state index in [1.165, 1.54) is 82.8 Å². The van der Waals surface area contributed by atoms with Gasteiger partial charge >= 0.3 is 0 Å². The van der Waals surface area contributed by atoms with Crippen molar-refractivity contribution < 1.29 is 71.8 Å². The molecule has 10 aromatic rings. The topological polar surface area (TPSA) is 540 Å². The lowest BCUT2D eigenvalue weighted by Crippen LogP contribution is -2.33. The van der Waals surface area contributed by atoms with Crippen molar-refractivity contribution in [3.8, 4) is 0 Å². The van der Waals surface area contributed by atoms with Gasteiger partial charge in [0, 0.05) is 175 Å². The first-order valence-corrected chi connectivity index (χ1v) is 36.5. The molecule has 0 fully saturated rings. The average molecular weight is 1610 g/mol. The van der Waals surface area contributed by atoms with Gasteiger partial charge in [-0.3, -0.25) is 62.3 Å². The number of aryl methyl sites for hydroxylation is 7. The fourth-order valence-corrected chi connectivity index (χ4v) is 11.5. The Bertz CT molecular complexity index is 5320. The standard InChI is InChI=1S/C74H88N28O15/c1-95-27-25-77-63(95)73(114)84-47-34-53(97(3)38-47)69(110)79-23-20-61(106)88-56-42-101(7)66(90-56)74(115)85-48-35-52(96(2)39-48)68(109)78-21-10-13-59(104)87-55-41-99(5)64(89-55)71(112)81-24-19-60(105)83-46-33-54(98(4)37-46)70(111)92-57-43-100(6)65(91-57)72(113)80-22-18-58(103)76-26-29-116-31-32-117-30-28-102-40-49(93-94-102)36-62(107)82-45-16-14-44(15-17-45)67(108)86-51-12-9-8-11-50(51)75/h8-9,11-12,14-17,25,27,33-35,37-43H,10,13,18-24,26,28-32,36,75H2,1-7H3,(H,76,103)(H,78,109)(H,79,110)(H,80,113)(H,81,112)(H,82,107)(H,83,105)(H,84,114)(H,85,115)(H,86,108)(H,87,104)(H,88,106)(H,92,111). The van der Waals surface area contributed by atoms with Gasteiger partial charge in [-0.25, -0.2) is 24.6 Å². The number of imidazole rings is 4. The molecule has 8 heterocycles. The number of aromatic nitrogens is 14. The molecule has 10 rings (SSSR count). The second-order valence-corrected chi connectivity index (χ2v) is 26.5. The van der Waals surface area contributed by atoms with Crippen molar-refractivity contribution in [2.75, 3.05) is 107 Å². The molecule has 0 saturated heterocycles. The van der Waals surface area contributed by atoms with Crippen LogP contribution in [0, 0.1) is 0 Å². The molecule has 0 aliphatic heterocycles. The molecule has 0 unspecified atom stereocenters. The van der Waals surface area contributed by atoms with Gasteiger partial charge in [0.25, 0.3) is 47.3 Å². The molecule has 0 radical (unpaired) electrons. The van der Waals surface area contributed by atoms with E-state index in [1.807, 2.05) is 0 Å². The molecule has 2 aromatic carbocycles. The van der Waals surface area contributed by atoms with Crippen LogP contribution in [0.15, 0.2) is 123 Å². The predicted molar refractivity (Wildman–Crippen MR) is 423 cm³/mol. The Morgan fingerprint density at radius 3 is 1.43 bits per heavy atom. The molecule has 0 atom stereocenters. The fraction of sp³-hybridized carbons (Fsp3) is 0.311. The first kappa shape index (κ1) is 84.5. The van der Waals surface area contributed by atoms with Crippen molar-refractivity contribution in [1.82, 2.24) is 93.5 Å². The van der Waals surface area contributed by atoms with E-state index < -0.39 is 59.1 Å². The molecule has 15 N–H and O–H groups in total. The maximum atomic E-state index is 13.4. The summed E-state index contributed by atoms with van der Waals surface area (Å²) in [6.45, 7) is 1.56. The van der Waals surface area contributed by atoms with Crippen molar-refractivity contribution in [2.24, 2.45) is 49.3 Å². The van der Waals surface area contributed by atoms with Gasteiger partial charge in [-0.2, -0.15) is 0 Å². The van der Waals surface area contributed by atoms with E-state index in [4.69, 9.17) is 15.2 Å². The van der Waals surface area contributed by atoms with Gasteiger partial charge < -0.3 is 116 Å². The average Bonchev–Trinajstić information content (AvgIpc) is 1.74. The summed E-state index contributed by atoms with van der Waals surface area (Å²) in [6.07, 6.45) is 13.5. The number of para-hydroxylation sites is 2. The van der Waals surface area contributed by atoms with E-state index in [1.54, 1.807) is 126 Å². The van der Waals surface area contributed by atoms with E-state index in [-0.39, 0.29) is 178 Å². The van der Waals surface area contributed by atoms with Crippen LogP contribution >= 0.6 is 0 Å². The lowest BCUT2D eigenvalue weighted by atomic mass is 10.1. The fourth-order valence-electron chi connectivity index (χ4n) is 11.5. The number of benzene rings is 2. The molecule has 43 heteroatoms. The molecule has 8 aromatic heterocycles. The van der Waals surface area contributed by atoms with Crippen LogP contribution in [0.1, 0.15) is 122 Å². The summed E-state index contributed by atoms with van der Waals surface area (Å²) < 4.78 is 23.0. The molecule has 614 valence electrons. The maximum Gasteiger partial charge on any atom is 0.291 e. The molecule has 117 heavy (non-hydrogen) atoms. The quantitative estimate of drug-likeness (QED) is 0.0192. The van der Waals surface area contributed by atoms with E-state index in [0.29, 0.717) is 47.2 Å². The van der Waals surface area contributed by atoms with Crippen molar-refractivity contribution in [2.45, 2.75) is 45.1 Å². The first-order chi connectivity index (χ1) is 56.1. The largest absolute Gasteiger partial charge is 0.397 e. The zero-order valence-corrected chi connectivity index (χ0v) is 64.8. The minimum absolute atomic E-state index is 0.0127. The molecule has 0 aliphatic carbocycles. The molecule has 0 aliphatic rings. The lowest BCUT2D eigenvalue weighted by molar-refractivity contribution is -0.121. The van der Waals surface area contributed by atoms with Crippen LogP contribution in [0.4, 0.5) is 51.6 Å². The summed E-state index contributed by atoms with van der Waals surface area (Å²) in [7, 11) is 11.1. The van der Waals surface area contributed by atoms with Crippen LogP contribution < -0.4 is 74.9 Å². The number of hydrogen-bond donors (Lipinski definition) is 14. The van der Waals surface area contributed by atoms with Crippen molar-refractivity contribution >= 4 is 128 Å². The number of nitrogens with two attached hydrogens (primary N) is 1. The van der Waals surface area contributed by atoms with Crippen molar-refractivity contribution in [1.29, 1.82) is 0 Å². The second kappa shape index (κ2) is 40.0. The van der Waals surface area contributed by atoms with Gasteiger partial charge in [-0.05, 0) is 61.0 Å². The normalized spacial score (nSPS) is 10.9. The second-order valence-electron chi connectivity index (χ2n) is 26.5. The van der Waals surface area contributed by atoms with Gasteiger partial charge in [0.15, 0.2) is 23.3 Å². The molecule has 0 spiro atoms. The Kier molecular flexibility index (Phi) is 28.9. The highest BCUT2D eigenvalue weighted by atomic mass is 16.5. The SMILES string of the molecule is Cn1cc(NC(=O)c2nc(NC(=O)CCNC(=O)c3cc(NC(=O)c4nccn4C)cn3C)cn2C)cc1C(=O)NCCCC(=O)Nc1cn(C)c(C(=O)NCCC(=O)Nc2cc(C(=O)Nc3cn(C)c(C(=O)NCCC(=O)NCCOCCOCCn4cc(CC(=O)Nc5ccc(C(=O)Nc6ccccc6N)cc5)nn4)n3)n(C)c2)n1. The van der Waals surface area contributed by atoms with E-state index in [0.717, 1.165) is 0 Å². The Balaban J connectivity index is 0.539. The number of nitrogens with zero attached hydrogens (tertiary/aromatic N) is 14. The highest BCUT2D eigenvalue weighted by molar-refractivity contribution is 6.08. The third kappa shape index (κ3) is 24.3. The minimum Gasteiger partial charge on any atom is -0.397 e. The predicted octanol–water partition coefficient (Wildman–Crippen LogP) is 1.64. The van der Waals surface area contributed by atoms with Crippen LogP contribution in [0.3, 0.4) is 0 Å². The van der Waals surface area contributed by atoms with E-state index in [2.05, 4.69) is 99.4 Å². The highest BCUT2D eigenvalue weighted by Gasteiger charge is 2.24. The molecule has 0 bridgehead atoms. The third-order valence-corrected chi connectivity index (χ3v) is 17.3. The van der Waals surface area contributed by atoms with Crippen LogP contribution in [0.25, 0.3) is 0 Å². The molecule has 43 nitrogen and oxygen atoms in total. The Hall–Kier alpha value is -14.9. The van der Waals surface area contributed by atoms with Crippen LogP contribution in [-0.4, -0.2) is 203 Å². The minimum atomic E-state index is -0.642. The summed E-state index contributed by atoms with van der Waals surface area (Å²) in [6, 6.07) is 17.7. The molecule has 13 amide bonds. The summed E-state index contributed by atoms with van der Waals surface area (Å²) >= 11 is 0. The van der Waals surface area contributed by atoms with Gasteiger partial charge in [0.05, 0.1) is 73.5 Å². The lowest BCUT2D eigenvalue weighted by Gasteiger charge is -2.09. The van der Waals surface area contributed by atoms with Crippen molar-refractivity contribution in [3.05, 3.63) is 174 Å². The van der Waals surface area contributed by atoms with Gasteiger partial charge in [0.1, 0.15) is 17.1 Å². The highest BCUT2D eigenvalue weighted by Crippen LogP contribution is 2.22. The molecule has 0 saturated carbocycles. The molecular formula is C74H88N28O15. The van der Waals surface area contributed by atoms with E-state index in [9.17, 15) is 62.3 Å². The number of nitrogens with one attached hydrogen (secondary N) is 13. The smallest absolute Gasteiger partial charge is 0.291 e. The van der Waals surface area contributed by atoms with Crippen molar-refractivity contribution in [3.63, 3.8) is 0 Å². The van der Waals surface area contributed by atoms with Crippen LogP contribution in [0.2, 0.25) is 0 Å². The Morgan fingerprint density at radius 2 is 0.863 bits per heavy atom. The van der Waals surface area contributed by atoms with Gasteiger partial charge in [-0.1, -0.05) is 17.3 Å². The number of hydrogen-bond acceptors (Lipinski definition) is 22. The van der Waals surface area contributed by atoms with Crippen LogP contribution in [0.5, 0.6) is 0 Å². The van der Waals surface area contributed by atoms with E-state index >= 15 is 0 Å². The number of carbonyl (C=O) groups excluding carboxylic acids is 13. The monoisotopic (exact) mass is 1610 g/mol. The molecular weight excluding hydrogens is 1520 g/mol. The number of rotatable bonds is 40. The third-order valence-electron chi connectivity index (χ3n) is 17.3. The number of amides is 13. The van der Waals surface area contributed by atoms with Gasteiger partial charge in [-0.15, -0.1) is 5.10 Å². The van der Waals surface area contributed by atoms with Gasteiger partial charge in [0.2, 0.25) is 47.0 Å². The zero-order valence-electron chi connectivity index (χ0n) is 64.8. The Morgan fingerprint density at radius 1 is 0.385 bits per heavy atom. The summed E-state index contributed by atoms with van der Waals surface area (Å²) in [5.41, 5.74) is 9.67. The Labute approximate surface area is 667 Å². The number of carbonyl (C=O) groups is 13. The zero-order chi connectivity index (χ0) is 83.8. The summed E-state index contributed by atoms with van der Waals surface area (Å²) in [5, 5.41) is 43.0.